The van der Waals surface area contributed by atoms with E-state index in [0.29, 0.717) is 19.4 Å². The Hall–Kier alpha value is -0.610. The van der Waals surface area contributed by atoms with Gasteiger partial charge in [-0.15, -0.1) is 0 Å². The summed E-state index contributed by atoms with van der Waals surface area (Å²) in [7, 11) is 0. The molecule has 4 nitrogen and oxygen atoms in total. The third-order valence-electron chi connectivity index (χ3n) is 2.19. The molecule has 0 radical (unpaired) electrons. The van der Waals surface area contributed by atoms with Gasteiger partial charge in [-0.05, 0) is 20.3 Å². The van der Waals surface area contributed by atoms with Crippen molar-refractivity contribution in [3.05, 3.63) is 0 Å². The highest BCUT2D eigenvalue weighted by Crippen LogP contribution is 2.12. The Morgan fingerprint density at radius 1 is 1.33 bits per heavy atom. The average Bonchev–Trinajstić information content (AvgIpc) is 2.10. The number of nitrogens with two attached hydrogens (primary N) is 1. The molecule has 1 amide bonds. The molecular formula is C11H24N2O2. The lowest BCUT2D eigenvalue weighted by molar-refractivity contribution is -0.122. The van der Waals surface area contributed by atoms with Gasteiger partial charge in [-0.25, -0.2) is 0 Å². The Bertz CT molecular complexity index is 207. The Balaban J connectivity index is 3.77. The fourth-order valence-electron chi connectivity index (χ4n) is 0.918. The molecule has 90 valence electrons. The molecule has 0 rings (SSSR count). The van der Waals surface area contributed by atoms with Crippen molar-refractivity contribution < 1.29 is 9.90 Å². The zero-order valence-electron chi connectivity index (χ0n) is 10.3. The van der Waals surface area contributed by atoms with Crippen molar-refractivity contribution in [2.45, 2.75) is 46.1 Å². The lowest BCUT2D eigenvalue weighted by Crippen LogP contribution is -2.38. The number of aliphatic hydroxyl groups excluding tert-OH is 1. The Morgan fingerprint density at radius 3 is 2.27 bits per heavy atom. The van der Waals surface area contributed by atoms with Crippen LogP contribution < -0.4 is 11.1 Å². The van der Waals surface area contributed by atoms with E-state index in [1.807, 2.05) is 27.7 Å². The lowest BCUT2D eigenvalue weighted by atomic mass is 9.94. The van der Waals surface area contributed by atoms with Crippen LogP contribution in [-0.2, 0) is 4.79 Å². The zero-order valence-corrected chi connectivity index (χ0v) is 10.3. The fraction of sp³-hybridized carbons (Fsp3) is 0.909. The molecule has 0 heterocycles. The predicted molar refractivity (Wildman–Crippen MR) is 61.4 cm³/mol. The van der Waals surface area contributed by atoms with Crippen molar-refractivity contribution in [1.29, 1.82) is 0 Å². The van der Waals surface area contributed by atoms with E-state index in [4.69, 9.17) is 10.8 Å². The molecule has 0 bridgehead atoms. The van der Waals surface area contributed by atoms with Gasteiger partial charge < -0.3 is 16.2 Å². The van der Waals surface area contributed by atoms with Crippen LogP contribution in [0, 0.1) is 5.41 Å². The summed E-state index contributed by atoms with van der Waals surface area (Å²) in [5.41, 5.74) is 5.21. The van der Waals surface area contributed by atoms with Gasteiger partial charge in [0.25, 0.3) is 0 Å². The molecule has 0 fully saturated rings. The number of rotatable bonds is 6. The van der Waals surface area contributed by atoms with Gasteiger partial charge in [0, 0.05) is 30.5 Å². The van der Waals surface area contributed by atoms with Gasteiger partial charge in [0.05, 0.1) is 0 Å². The SMILES string of the molecule is CC(C)(N)CCC(=O)NCC(C)(C)CO. The highest BCUT2D eigenvalue weighted by molar-refractivity contribution is 5.75. The smallest absolute Gasteiger partial charge is 0.220 e. The Labute approximate surface area is 92.2 Å². The molecule has 0 aromatic carbocycles. The molecule has 0 unspecified atom stereocenters. The van der Waals surface area contributed by atoms with Gasteiger partial charge in [-0.1, -0.05) is 13.8 Å². The molecule has 4 heteroatoms. The van der Waals surface area contributed by atoms with Crippen LogP contribution in [-0.4, -0.2) is 29.7 Å². The summed E-state index contributed by atoms with van der Waals surface area (Å²) < 4.78 is 0. The number of hydrogen-bond donors (Lipinski definition) is 3. The minimum Gasteiger partial charge on any atom is -0.396 e. The van der Waals surface area contributed by atoms with E-state index >= 15 is 0 Å². The summed E-state index contributed by atoms with van der Waals surface area (Å²) in [6.07, 6.45) is 1.10. The van der Waals surface area contributed by atoms with Gasteiger partial charge in [-0.2, -0.15) is 0 Å². The largest absolute Gasteiger partial charge is 0.396 e. The topological polar surface area (TPSA) is 75.4 Å². The molecule has 0 aromatic heterocycles. The first-order valence-electron chi connectivity index (χ1n) is 5.33. The summed E-state index contributed by atoms with van der Waals surface area (Å²) in [4.78, 5) is 11.4. The molecular weight excluding hydrogens is 192 g/mol. The molecule has 4 N–H and O–H groups in total. The summed E-state index contributed by atoms with van der Waals surface area (Å²) in [5, 5.41) is 11.8. The average molecular weight is 216 g/mol. The first kappa shape index (κ1) is 14.4. The van der Waals surface area contributed by atoms with Crippen LogP contribution in [0.1, 0.15) is 40.5 Å². The quantitative estimate of drug-likeness (QED) is 0.610. The van der Waals surface area contributed by atoms with E-state index in [1.54, 1.807) is 0 Å². The monoisotopic (exact) mass is 216 g/mol. The Morgan fingerprint density at radius 2 is 1.87 bits per heavy atom. The van der Waals surface area contributed by atoms with E-state index in [2.05, 4.69) is 5.32 Å². The second-order valence-electron chi connectivity index (χ2n) is 5.59. The van der Waals surface area contributed by atoms with Crippen LogP contribution in [0.25, 0.3) is 0 Å². The van der Waals surface area contributed by atoms with Crippen LogP contribution in [0.15, 0.2) is 0 Å². The first-order chi connectivity index (χ1) is 6.66. The maximum Gasteiger partial charge on any atom is 0.220 e. The Kier molecular flexibility index (Phi) is 5.24. The highest BCUT2D eigenvalue weighted by Gasteiger charge is 2.18. The second-order valence-corrected chi connectivity index (χ2v) is 5.59. The molecule has 0 aliphatic rings. The molecule has 0 aliphatic carbocycles. The molecule has 0 atom stereocenters. The van der Waals surface area contributed by atoms with Crippen LogP contribution in [0.5, 0.6) is 0 Å². The van der Waals surface area contributed by atoms with Crippen molar-refractivity contribution in [2.75, 3.05) is 13.2 Å². The number of amides is 1. The summed E-state index contributed by atoms with van der Waals surface area (Å²) in [6, 6.07) is 0. The van der Waals surface area contributed by atoms with Crippen LogP contribution in [0.2, 0.25) is 0 Å². The van der Waals surface area contributed by atoms with E-state index in [-0.39, 0.29) is 23.5 Å². The summed E-state index contributed by atoms with van der Waals surface area (Å²) in [6.45, 7) is 8.17. The maximum absolute atomic E-state index is 11.4. The minimum absolute atomic E-state index is 0.00458. The normalized spacial score (nSPS) is 12.7. The zero-order chi connectivity index (χ0) is 12.1. The summed E-state index contributed by atoms with van der Waals surface area (Å²) in [5.74, 6) is -0.00458. The van der Waals surface area contributed by atoms with Crippen molar-refractivity contribution >= 4 is 5.91 Å². The number of nitrogens with one attached hydrogen (secondary N) is 1. The van der Waals surface area contributed by atoms with E-state index in [0.717, 1.165) is 0 Å². The number of carbonyl (C=O) groups excluding carboxylic acids is 1. The highest BCUT2D eigenvalue weighted by atomic mass is 16.3. The summed E-state index contributed by atoms with van der Waals surface area (Å²) >= 11 is 0. The fourth-order valence-corrected chi connectivity index (χ4v) is 0.918. The first-order valence-corrected chi connectivity index (χ1v) is 5.33. The van der Waals surface area contributed by atoms with Gasteiger partial charge in [-0.3, -0.25) is 4.79 Å². The van der Waals surface area contributed by atoms with Crippen LogP contribution in [0.4, 0.5) is 0 Å². The van der Waals surface area contributed by atoms with Gasteiger partial charge >= 0.3 is 0 Å². The van der Waals surface area contributed by atoms with E-state index in [1.165, 1.54) is 0 Å². The van der Waals surface area contributed by atoms with Crippen molar-refractivity contribution in [3.8, 4) is 0 Å². The lowest BCUT2D eigenvalue weighted by Gasteiger charge is -2.23. The third kappa shape index (κ3) is 8.39. The minimum atomic E-state index is -0.302. The van der Waals surface area contributed by atoms with Gasteiger partial charge in [0.15, 0.2) is 0 Å². The molecule has 0 saturated carbocycles. The van der Waals surface area contributed by atoms with Crippen molar-refractivity contribution in [1.82, 2.24) is 5.32 Å². The van der Waals surface area contributed by atoms with E-state index in [9.17, 15) is 4.79 Å². The molecule has 0 aliphatic heterocycles. The van der Waals surface area contributed by atoms with Crippen LogP contribution in [0.3, 0.4) is 0 Å². The molecule has 0 aromatic rings. The number of hydrogen-bond acceptors (Lipinski definition) is 3. The van der Waals surface area contributed by atoms with Crippen molar-refractivity contribution in [2.24, 2.45) is 11.1 Å². The number of carbonyl (C=O) groups is 1. The third-order valence-corrected chi connectivity index (χ3v) is 2.19. The number of aliphatic hydroxyl groups is 1. The molecule has 0 spiro atoms. The maximum atomic E-state index is 11.4. The van der Waals surface area contributed by atoms with Gasteiger partial charge in [0.2, 0.25) is 5.91 Å². The molecule has 0 saturated heterocycles. The standard InChI is InChI=1S/C11H24N2O2/c1-10(2,8-14)7-13-9(15)5-6-11(3,4)12/h14H,5-8,12H2,1-4H3,(H,13,15). The van der Waals surface area contributed by atoms with Gasteiger partial charge in [0.1, 0.15) is 0 Å². The second kappa shape index (κ2) is 5.47. The van der Waals surface area contributed by atoms with E-state index < -0.39 is 0 Å². The molecule has 15 heavy (non-hydrogen) atoms. The van der Waals surface area contributed by atoms with Crippen LogP contribution >= 0.6 is 0 Å². The predicted octanol–water partition coefficient (Wildman–Crippen LogP) is 0.639. The van der Waals surface area contributed by atoms with Crippen molar-refractivity contribution in [3.63, 3.8) is 0 Å².